The number of nitrogens with two attached hydrogens (primary N) is 1. The summed E-state index contributed by atoms with van der Waals surface area (Å²) in [5, 5.41) is 3.13. The summed E-state index contributed by atoms with van der Waals surface area (Å²) in [5.41, 5.74) is 6.72. The van der Waals surface area contributed by atoms with E-state index in [-0.39, 0.29) is 6.04 Å². The zero-order valence-corrected chi connectivity index (χ0v) is 9.41. The predicted octanol–water partition coefficient (Wildman–Crippen LogP) is 0.923. The van der Waals surface area contributed by atoms with E-state index < -0.39 is 0 Å². The van der Waals surface area contributed by atoms with Crippen LogP contribution < -0.4 is 20.5 Å². The van der Waals surface area contributed by atoms with Crippen molar-refractivity contribution in [3.8, 4) is 11.5 Å². The first-order valence-electron chi connectivity index (χ1n) is 4.85. The highest BCUT2D eigenvalue weighted by Crippen LogP contribution is 2.25. The predicted molar refractivity (Wildman–Crippen MR) is 60.4 cm³/mol. The monoisotopic (exact) mass is 210 g/mol. The van der Waals surface area contributed by atoms with E-state index in [0.29, 0.717) is 6.54 Å². The van der Waals surface area contributed by atoms with Gasteiger partial charge >= 0.3 is 0 Å². The second-order valence-corrected chi connectivity index (χ2v) is 3.22. The van der Waals surface area contributed by atoms with E-state index in [4.69, 9.17) is 15.2 Å². The van der Waals surface area contributed by atoms with Gasteiger partial charge in [0.25, 0.3) is 0 Å². The molecule has 0 aliphatic heterocycles. The quantitative estimate of drug-likeness (QED) is 0.759. The second-order valence-electron chi connectivity index (χ2n) is 3.22. The molecule has 0 saturated carbocycles. The van der Waals surface area contributed by atoms with E-state index >= 15 is 0 Å². The number of methoxy groups -OCH3 is 2. The fourth-order valence-electron chi connectivity index (χ4n) is 1.45. The molecule has 1 aromatic carbocycles. The molecular formula is C11H18N2O2. The van der Waals surface area contributed by atoms with Crippen LogP contribution in [0.4, 0.5) is 0 Å². The molecule has 1 rings (SSSR count). The highest BCUT2D eigenvalue weighted by molar-refractivity contribution is 5.39. The summed E-state index contributed by atoms with van der Waals surface area (Å²) in [6.45, 7) is 0.535. The van der Waals surface area contributed by atoms with Crippen molar-refractivity contribution in [2.24, 2.45) is 5.73 Å². The Bertz CT molecular complexity index is 289. The van der Waals surface area contributed by atoms with Crippen LogP contribution in [-0.2, 0) is 0 Å². The minimum absolute atomic E-state index is 0.119. The van der Waals surface area contributed by atoms with E-state index in [1.54, 1.807) is 14.2 Å². The maximum absolute atomic E-state index is 5.65. The Morgan fingerprint density at radius 3 is 2.07 bits per heavy atom. The van der Waals surface area contributed by atoms with Gasteiger partial charge in [-0.3, -0.25) is 0 Å². The minimum atomic E-state index is 0.119. The summed E-state index contributed by atoms with van der Waals surface area (Å²) >= 11 is 0. The van der Waals surface area contributed by atoms with E-state index in [0.717, 1.165) is 17.1 Å². The first-order chi connectivity index (χ1) is 7.24. The zero-order chi connectivity index (χ0) is 11.3. The van der Waals surface area contributed by atoms with Gasteiger partial charge in [0.15, 0.2) is 0 Å². The molecule has 3 N–H and O–H groups in total. The van der Waals surface area contributed by atoms with Gasteiger partial charge in [-0.2, -0.15) is 0 Å². The standard InChI is InChI=1S/C11H18N2O2/c1-13-11(7-12)8-4-9(14-2)6-10(5-8)15-3/h4-6,11,13H,7,12H2,1-3H3. The molecule has 4 nitrogen and oxygen atoms in total. The van der Waals surface area contributed by atoms with Gasteiger partial charge in [0.1, 0.15) is 11.5 Å². The fraction of sp³-hybridized carbons (Fsp3) is 0.455. The van der Waals surface area contributed by atoms with Gasteiger partial charge in [-0.25, -0.2) is 0 Å². The number of likely N-dealkylation sites (N-methyl/N-ethyl adjacent to an activating group) is 1. The van der Waals surface area contributed by atoms with Crippen LogP contribution in [0, 0.1) is 0 Å². The largest absolute Gasteiger partial charge is 0.497 e. The third kappa shape index (κ3) is 2.84. The summed E-state index contributed by atoms with van der Waals surface area (Å²) in [6.07, 6.45) is 0. The molecule has 1 aromatic rings. The SMILES string of the molecule is CNC(CN)c1cc(OC)cc(OC)c1. The Kier molecular flexibility index (Phi) is 4.39. The Morgan fingerprint density at radius 1 is 1.20 bits per heavy atom. The number of ether oxygens (including phenoxy) is 2. The zero-order valence-electron chi connectivity index (χ0n) is 9.41. The van der Waals surface area contributed by atoms with Crippen LogP contribution in [-0.4, -0.2) is 27.8 Å². The Balaban J connectivity index is 3.05. The van der Waals surface area contributed by atoms with Crippen LogP contribution in [0.15, 0.2) is 18.2 Å². The summed E-state index contributed by atoms with van der Waals surface area (Å²) in [7, 11) is 5.15. The number of benzene rings is 1. The van der Waals surface area contributed by atoms with Crippen molar-refractivity contribution in [2.75, 3.05) is 27.8 Å². The lowest BCUT2D eigenvalue weighted by atomic mass is 10.1. The number of rotatable bonds is 5. The lowest BCUT2D eigenvalue weighted by molar-refractivity contribution is 0.392. The van der Waals surface area contributed by atoms with Gasteiger partial charge < -0.3 is 20.5 Å². The maximum Gasteiger partial charge on any atom is 0.122 e. The molecule has 0 aliphatic carbocycles. The van der Waals surface area contributed by atoms with Gasteiger partial charge in [-0.1, -0.05) is 0 Å². The Hall–Kier alpha value is -1.26. The highest BCUT2D eigenvalue weighted by Gasteiger charge is 2.09. The van der Waals surface area contributed by atoms with Crippen LogP contribution in [0.2, 0.25) is 0 Å². The maximum atomic E-state index is 5.65. The molecule has 0 fully saturated rings. The summed E-state index contributed by atoms with van der Waals surface area (Å²) in [4.78, 5) is 0. The van der Waals surface area contributed by atoms with Crippen LogP contribution in [0.3, 0.4) is 0 Å². The molecule has 84 valence electrons. The lowest BCUT2D eigenvalue weighted by Gasteiger charge is -2.16. The average molecular weight is 210 g/mol. The first kappa shape index (κ1) is 11.8. The number of hydrogen-bond donors (Lipinski definition) is 2. The second kappa shape index (κ2) is 5.58. The van der Waals surface area contributed by atoms with Crippen LogP contribution >= 0.6 is 0 Å². The normalized spacial score (nSPS) is 12.3. The summed E-state index contributed by atoms with van der Waals surface area (Å²) in [5.74, 6) is 1.55. The summed E-state index contributed by atoms with van der Waals surface area (Å²) in [6, 6.07) is 5.87. The van der Waals surface area contributed by atoms with E-state index in [2.05, 4.69) is 5.32 Å². The number of nitrogens with one attached hydrogen (secondary N) is 1. The molecule has 1 atom stereocenters. The minimum Gasteiger partial charge on any atom is -0.497 e. The van der Waals surface area contributed by atoms with Crippen LogP contribution in [0.5, 0.6) is 11.5 Å². The molecule has 0 aliphatic rings. The highest BCUT2D eigenvalue weighted by atomic mass is 16.5. The lowest BCUT2D eigenvalue weighted by Crippen LogP contribution is -2.24. The van der Waals surface area contributed by atoms with Crippen molar-refractivity contribution in [2.45, 2.75) is 6.04 Å². The van der Waals surface area contributed by atoms with E-state index in [1.807, 2.05) is 25.2 Å². The van der Waals surface area contributed by atoms with Crippen molar-refractivity contribution >= 4 is 0 Å². The summed E-state index contributed by atoms with van der Waals surface area (Å²) < 4.78 is 10.4. The Labute approximate surface area is 90.4 Å². The fourth-order valence-corrected chi connectivity index (χ4v) is 1.45. The Morgan fingerprint density at radius 2 is 1.73 bits per heavy atom. The van der Waals surface area contributed by atoms with Crippen molar-refractivity contribution in [1.82, 2.24) is 5.32 Å². The van der Waals surface area contributed by atoms with Crippen LogP contribution in [0.1, 0.15) is 11.6 Å². The van der Waals surface area contributed by atoms with Crippen molar-refractivity contribution in [3.63, 3.8) is 0 Å². The van der Waals surface area contributed by atoms with E-state index in [9.17, 15) is 0 Å². The van der Waals surface area contributed by atoms with Crippen LogP contribution in [0.25, 0.3) is 0 Å². The molecule has 4 heteroatoms. The molecule has 0 amide bonds. The van der Waals surface area contributed by atoms with Crippen molar-refractivity contribution in [3.05, 3.63) is 23.8 Å². The van der Waals surface area contributed by atoms with Gasteiger partial charge in [-0.05, 0) is 24.7 Å². The average Bonchev–Trinajstić information content (AvgIpc) is 2.30. The molecule has 0 spiro atoms. The smallest absolute Gasteiger partial charge is 0.122 e. The molecule has 15 heavy (non-hydrogen) atoms. The molecule has 1 unspecified atom stereocenters. The topological polar surface area (TPSA) is 56.5 Å². The molecule has 0 aromatic heterocycles. The first-order valence-corrected chi connectivity index (χ1v) is 4.85. The third-order valence-corrected chi connectivity index (χ3v) is 2.36. The van der Waals surface area contributed by atoms with Gasteiger partial charge in [-0.15, -0.1) is 0 Å². The number of hydrogen-bond acceptors (Lipinski definition) is 4. The van der Waals surface area contributed by atoms with Gasteiger partial charge in [0.05, 0.1) is 14.2 Å². The van der Waals surface area contributed by atoms with Crippen molar-refractivity contribution in [1.29, 1.82) is 0 Å². The van der Waals surface area contributed by atoms with E-state index in [1.165, 1.54) is 0 Å². The van der Waals surface area contributed by atoms with Gasteiger partial charge in [0, 0.05) is 18.7 Å². The molecule has 0 heterocycles. The van der Waals surface area contributed by atoms with Gasteiger partial charge in [0.2, 0.25) is 0 Å². The third-order valence-electron chi connectivity index (χ3n) is 2.36. The molecule has 0 bridgehead atoms. The molecule has 0 radical (unpaired) electrons. The molecular weight excluding hydrogens is 192 g/mol. The van der Waals surface area contributed by atoms with Crippen molar-refractivity contribution < 1.29 is 9.47 Å². The molecule has 0 saturated heterocycles.